The van der Waals surface area contributed by atoms with Gasteiger partial charge in [0.1, 0.15) is 6.04 Å². The highest BCUT2D eigenvalue weighted by atomic mass is 16.2. The number of amides is 2. The molecule has 0 bridgehead atoms. The molecule has 0 unspecified atom stereocenters. The molecule has 0 aliphatic heterocycles. The minimum Gasteiger partial charge on any atom is -0.343 e. The first-order valence-corrected chi connectivity index (χ1v) is 11.9. The molecular formula is C25H49N3O3. The number of Topliss-reactive ketones (excluding diaryl/α,β-unsaturated/α-hetero) is 1. The van der Waals surface area contributed by atoms with Gasteiger partial charge in [0.05, 0.1) is 12.1 Å². The van der Waals surface area contributed by atoms with Crippen molar-refractivity contribution in [2.45, 2.75) is 106 Å². The van der Waals surface area contributed by atoms with E-state index in [9.17, 15) is 14.4 Å². The minimum absolute atomic E-state index is 0.0654. The Balaban J connectivity index is 5.75. The zero-order valence-corrected chi connectivity index (χ0v) is 22.2. The number of hydrogen-bond acceptors (Lipinski definition) is 4. The van der Waals surface area contributed by atoms with Crippen molar-refractivity contribution in [3.8, 4) is 0 Å². The summed E-state index contributed by atoms with van der Waals surface area (Å²) in [4.78, 5) is 43.2. The third-order valence-electron chi connectivity index (χ3n) is 5.94. The third kappa shape index (κ3) is 9.30. The van der Waals surface area contributed by atoms with Gasteiger partial charge in [0.2, 0.25) is 11.8 Å². The van der Waals surface area contributed by atoms with Crippen LogP contribution in [0.3, 0.4) is 0 Å². The van der Waals surface area contributed by atoms with Crippen molar-refractivity contribution in [2.24, 2.45) is 23.7 Å². The van der Waals surface area contributed by atoms with E-state index in [0.717, 1.165) is 6.42 Å². The van der Waals surface area contributed by atoms with E-state index in [4.69, 9.17) is 0 Å². The average Bonchev–Trinajstić information content (AvgIpc) is 2.65. The molecule has 0 aromatic carbocycles. The monoisotopic (exact) mass is 439 g/mol. The van der Waals surface area contributed by atoms with Gasteiger partial charge in [-0.25, -0.2) is 0 Å². The van der Waals surface area contributed by atoms with E-state index >= 15 is 0 Å². The number of carbonyl (C=O) groups is 3. The molecule has 6 nitrogen and oxygen atoms in total. The predicted molar refractivity (Wildman–Crippen MR) is 129 cm³/mol. The lowest BCUT2D eigenvalue weighted by atomic mass is 9.92. The SMILES string of the molecule is CC(C)C[C@@H](C(=O)C(C)C)N(C)C(=O)[C@@H](NC(=O)[C@H](CC(C)C)N(C)C(C)C)C(C)C. The van der Waals surface area contributed by atoms with Gasteiger partial charge in [-0.05, 0) is 51.5 Å². The van der Waals surface area contributed by atoms with Crippen LogP contribution >= 0.6 is 0 Å². The van der Waals surface area contributed by atoms with Gasteiger partial charge in [-0.1, -0.05) is 55.4 Å². The summed E-state index contributed by atoms with van der Waals surface area (Å²) in [7, 11) is 3.65. The van der Waals surface area contributed by atoms with E-state index in [2.05, 4.69) is 51.8 Å². The van der Waals surface area contributed by atoms with Gasteiger partial charge < -0.3 is 10.2 Å². The van der Waals surface area contributed by atoms with Crippen molar-refractivity contribution in [2.75, 3.05) is 14.1 Å². The fourth-order valence-electron chi connectivity index (χ4n) is 3.70. The molecule has 31 heavy (non-hydrogen) atoms. The van der Waals surface area contributed by atoms with Crippen LogP contribution in [0.5, 0.6) is 0 Å². The van der Waals surface area contributed by atoms with Gasteiger partial charge in [0.25, 0.3) is 0 Å². The molecule has 0 aliphatic carbocycles. The van der Waals surface area contributed by atoms with Gasteiger partial charge in [-0.15, -0.1) is 0 Å². The number of carbonyl (C=O) groups excluding carboxylic acids is 3. The average molecular weight is 440 g/mol. The third-order valence-corrected chi connectivity index (χ3v) is 5.94. The Hall–Kier alpha value is -1.43. The summed E-state index contributed by atoms with van der Waals surface area (Å²) in [6.07, 6.45) is 1.33. The number of ketones is 1. The number of likely N-dealkylation sites (N-methyl/N-ethyl adjacent to an activating group) is 2. The van der Waals surface area contributed by atoms with Crippen LogP contribution in [0.25, 0.3) is 0 Å². The van der Waals surface area contributed by atoms with E-state index in [-0.39, 0.29) is 47.4 Å². The standard InChI is InChI=1S/C25H49N3O3/c1-15(2)13-20(23(29)18(7)8)28(12)25(31)22(17(5)6)26-24(30)21(14-16(3)4)27(11)19(9)10/h15-22H,13-14H2,1-12H3,(H,26,30)/t20-,21-,22-/m0/s1. The molecule has 0 aliphatic rings. The van der Waals surface area contributed by atoms with Crippen LogP contribution in [-0.2, 0) is 14.4 Å². The van der Waals surface area contributed by atoms with Crippen LogP contribution in [0, 0.1) is 23.7 Å². The molecule has 0 aromatic heterocycles. The van der Waals surface area contributed by atoms with Crippen LogP contribution in [0.1, 0.15) is 82.1 Å². The molecule has 3 atom stereocenters. The molecule has 2 amide bonds. The summed E-state index contributed by atoms with van der Waals surface area (Å²) in [6, 6.07) is -1.23. The smallest absolute Gasteiger partial charge is 0.245 e. The summed E-state index contributed by atoms with van der Waals surface area (Å²) in [5, 5.41) is 3.03. The van der Waals surface area contributed by atoms with Gasteiger partial charge in [0, 0.05) is 19.0 Å². The number of rotatable bonds is 13. The molecule has 0 spiro atoms. The summed E-state index contributed by atoms with van der Waals surface area (Å²) < 4.78 is 0. The molecule has 6 heteroatoms. The highest BCUT2D eigenvalue weighted by molar-refractivity contribution is 5.94. The van der Waals surface area contributed by atoms with Crippen molar-refractivity contribution in [1.29, 1.82) is 0 Å². The second-order valence-corrected chi connectivity index (χ2v) is 10.8. The van der Waals surface area contributed by atoms with Crippen molar-refractivity contribution >= 4 is 17.6 Å². The van der Waals surface area contributed by atoms with Crippen molar-refractivity contribution in [3.05, 3.63) is 0 Å². The molecule has 0 fully saturated rings. The molecule has 0 saturated heterocycles. The Morgan fingerprint density at radius 3 is 1.55 bits per heavy atom. The van der Waals surface area contributed by atoms with E-state index in [1.54, 1.807) is 11.9 Å². The number of hydrogen-bond donors (Lipinski definition) is 1. The summed E-state index contributed by atoms with van der Waals surface area (Å²) in [5.74, 6) is 0.144. The molecule has 0 rings (SSSR count). The fraction of sp³-hybridized carbons (Fsp3) is 0.880. The first-order valence-electron chi connectivity index (χ1n) is 11.9. The maximum absolute atomic E-state index is 13.5. The molecule has 0 radical (unpaired) electrons. The van der Waals surface area contributed by atoms with Crippen LogP contribution < -0.4 is 5.32 Å². The maximum atomic E-state index is 13.5. The van der Waals surface area contributed by atoms with Gasteiger partial charge in [-0.3, -0.25) is 19.3 Å². The summed E-state index contributed by atoms with van der Waals surface area (Å²) in [5.41, 5.74) is 0. The highest BCUT2D eigenvalue weighted by Gasteiger charge is 2.36. The zero-order chi connectivity index (χ0) is 24.6. The molecule has 1 N–H and O–H groups in total. The van der Waals surface area contributed by atoms with E-state index < -0.39 is 12.1 Å². The highest BCUT2D eigenvalue weighted by Crippen LogP contribution is 2.19. The molecule has 0 aromatic rings. The molecular weight excluding hydrogens is 390 g/mol. The second-order valence-electron chi connectivity index (χ2n) is 10.8. The van der Waals surface area contributed by atoms with E-state index in [1.165, 1.54) is 0 Å². The Morgan fingerprint density at radius 1 is 0.742 bits per heavy atom. The Kier molecular flexibility index (Phi) is 12.6. The van der Waals surface area contributed by atoms with Crippen molar-refractivity contribution in [1.82, 2.24) is 15.1 Å². The first-order chi connectivity index (χ1) is 14.1. The van der Waals surface area contributed by atoms with E-state index in [1.807, 2.05) is 34.7 Å². The second kappa shape index (κ2) is 13.2. The normalized spacial score (nSPS) is 15.2. The lowest BCUT2D eigenvalue weighted by Crippen LogP contribution is -2.58. The molecule has 0 saturated carbocycles. The van der Waals surface area contributed by atoms with Gasteiger partial charge in [0.15, 0.2) is 5.78 Å². The predicted octanol–water partition coefficient (Wildman–Crippen LogP) is 3.98. The minimum atomic E-state index is -0.664. The van der Waals surface area contributed by atoms with Crippen LogP contribution in [-0.4, -0.2) is 65.7 Å². The van der Waals surface area contributed by atoms with Gasteiger partial charge in [-0.2, -0.15) is 0 Å². The molecule has 0 heterocycles. The molecule has 182 valence electrons. The summed E-state index contributed by atoms with van der Waals surface area (Å²) in [6.45, 7) is 20.0. The quantitative estimate of drug-likeness (QED) is 0.471. The van der Waals surface area contributed by atoms with Crippen LogP contribution in [0.2, 0.25) is 0 Å². The Morgan fingerprint density at radius 2 is 1.19 bits per heavy atom. The Bertz CT molecular complexity index is 585. The van der Waals surface area contributed by atoms with Crippen LogP contribution in [0.4, 0.5) is 0 Å². The largest absolute Gasteiger partial charge is 0.343 e. The van der Waals surface area contributed by atoms with E-state index in [0.29, 0.717) is 12.3 Å². The Labute approximate surface area is 191 Å². The zero-order valence-electron chi connectivity index (χ0n) is 22.2. The number of nitrogens with one attached hydrogen (secondary N) is 1. The maximum Gasteiger partial charge on any atom is 0.245 e. The van der Waals surface area contributed by atoms with Gasteiger partial charge >= 0.3 is 0 Å². The number of nitrogens with zero attached hydrogens (tertiary/aromatic N) is 2. The summed E-state index contributed by atoms with van der Waals surface area (Å²) >= 11 is 0. The topological polar surface area (TPSA) is 69.7 Å². The van der Waals surface area contributed by atoms with Crippen molar-refractivity contribution in [3.63, 3.8) is 0 Å². The lowest BCUT2D eigenvalue weighted by molar-refractivity contribution is -0.144. The van der Waals surface area contributed by atoms with Crippen LogP contribution in [0.15, 0.2) is 0 Å². The lowest BCUT2D eigenvalue weighted by Gasteiger charge is -2.36. The first kappa shape index (κ1) is 29.6. The van der Waals surface area contributed by atoms with Crippen molar-refractivity contribution < 1.29 is 14.4 Å². The fourth-order valence-corrected chi connectivity index (χ4v) is 3.70.